The quantitative estimate of drug-likeness (QED) is 0.592. The third-order valence-corrected chi connectivity index (χ3v) is 5.63. The van der Waals surface area contributed by atoms with E-state index in [0.29, 0.717) is 6.54 Å². The fourth-order valence-electron chi connectivity index (χ4n) is 2.66. The number of benzene rings is 2. The Labute approximate surface area is 165 Å². The second kappa shape index (κ2) is 10.2. The second-order valence-electron chi connectivity index (χ2n) is 6.30. The molecule has 2 aromatic rings. The van der Waals surface area contributed by atoms with Crippen LogP contribution in [0.5, 0.6) is 5.75 Å². The average molecular weight is 408 g/mol. The number of carbonyl (C=O) groups is 1. The van der Waals surface area contributed by atoms with E-state index in [1.165, 1.54) is 13.2 Å². The van der Waals surface area contributed by atoms with Crippen LogP contribution >= 0.6 is 0 Å². The summed E-state index contributed by atoms with van der Waals surface area (Å²) in [5.41, 5.74) is 0.798. The molecule has 152 valence electrons. The zero-order chi connectivity index (χ0) is 20.6. The van der Waals surface area contributed by atoms with Crippen LogP contribution < -0.4 is 14.8 Å². The zero-order valence-electron chi connectivity index (χ0n) is 15.9. The molecule has 0 aromatic heterocycles. The Morgan fingerprint density at radius 3 is 2.54 bits per heavy atom. The van der Waals surface area contributed by atoms with Gasteiger partial charge in [0.1, 0.15) is 22.5 Å². The van der Waals surface area contributed by atoms with Gasteiger partial charge >= 0.3 is 0 Å². The number of rotatable bonds is 10. The molecule has 0 aliphatic heterocycles. The average Bonchev–Trinajstić information content (AvgIpc) is 2.68. The summed E-state index contributed by atoms with van der Waals surface area (Å²) >= 11 is 0. The van der Waals surface area contributed by atoms with Gasteiger partial charge in [-0.05, 0) is 36.6 Å². The second-order valence-corrected chi connectivity index (χ2v) is 7.99. The molecule has 2 aromatic carbocycles. The van der Waals surface area contributed by atoms with E-state index in [1.807, 2.05) is 37.3 Å². The molecule has 2 N–H and O–H groups in total. The molecule has 1 unspecified atom stereocenters. The monoisotopic (exact) mass is 408 g/mol. The molecule has 0 aliphatic rings. The summed E-state index contributed by atoms with van der Waals surface area (Å²) in [5.74, 6) is -1.15. The van der Waals surface area contributed by atoms with Crippen molar-refractivity contribution in [3.8, 4) is 5.75 Å². The lowest BCUT2D eigenvalue weighted by molar-refractivity contribution is -0.122. The van der Waals surface area contributed by atoms with Gasteiger partial charge < -0.3 is 10.1 Å². The number of unbranched alkanes of at least 4 members (excludes halogenated alkanes) is 1. The Bertz CT molecular complexity index is 888. The van der Waals surface area contributed by atoms with Crippen molar-refractivity contribution < 1.29 is 22.3 Å². The van der Waals surface area contributed by atoms with Gasteiger partial charge in [0.15, 0.2) is 0 Å². The van der Waals surface area contributed by atoms with Gasteiger partial charge in [-0.3, -0.25) is 4.79 Å². The summed E-state index contributed by atoms with van der Waals surface area (Å²) < 4.78 is 46.8. The Morgan fingerprint density at radius 1 is 1.18 bits per heavy atom. The van der Waals surface area contributed by atoms with Gasteiger partial charge in [-0.15, -0.1) is 0 Å². The maximum Gasteiger partial charge on any atom is 0.245 e. The molecule has 1 amide bonds. The first kappa shape index (κ1) is 21.8. The number of sulfonamides is 1. The molecule has 2 rings (SSSR count). The van der Waals surface area contributed by atoms with Gasteiger partial charge in [-0.25, -0.2) is 12.8 Å². The highest BCUT2D eigenvalue weighted by Crippen LogP contribution is 2.24. The summed E-state index contributed by atoms with van der Waals surface area (Å²) in [6.07, 6.45) is 1.85. The van der Waals surface area contributed by atoms with E-state index < -0.39 is 27.8 Å². The van der Waals surface area contributed by atoms with Crippen LogP contribution in [0.1, 0.15) is 25.3 Å². The first-order valence-corrected chi connectivity index (χ1v) is 10.5. The molecule has 8 heteroatoms. The minimum atomic E-state index is -4.20. The lowest BCUT2D eigenvalue weighted by Crippen LogP contribution is -2.48. The van der Waals surface area contributed by atoms with Crippen LogP contribution in [0.25, 0.3) is 0 Å². The maximum atomic E-state index is 13.6. The SMILES string of the molecule is CCCCNC(=O)C(Cc1ccccc1)NS(=O)(=O)c1cc(F)ccc1OC. The Hall–Kier alpha value is -2.45. The predicted molar refractivity (Wildman–Crippen MR) is 105 cm³/mol. The summed E-state index contributed by atoms with van der Waals surface area (Å²) in [6.45, 7) is 2.44. The topological polar surface area (TPSA) is 84.5 Å². The molecule has 6 nitrogen and oxygen atoms in total. The van der Waals surface area contributed by atoms with Crippen molar-refractivity contribution in [1.29, 1.82) is 0 Å². The number of hydrogen-bond acceptors (Lipinski definition) is 4. The molecule has 28 heavy (non-hydrogen) atoms. The third kappa shape index (κ3) is 6.03. The van der Waals surface area contributed by atoms with Crippen molar-refractivity contribution in [3.05, 3.63) is 59.9 Å². The molecular formula is C20H25FN2O4S. The van der Waals surface area contributed by atoms with Crippen LogP contribution in [-0.2, 0) is 21.2 Å². The van der Waals surface area contributed by atoms with Gasteiger partial charge in [0, 0.05) is 6.54 Å². The Kier molecular flexibility index (Phi) is 7.95. The van der Waals surface area contributed by atoms with Crippen LogP contribution in [0, 0.1) is 5.82 Å². The third-order valence-electron chi connectivity index (χ3n) is 4.14. The molecule has 0 bridgehead atoms. The number of carbonyl (C=O) groups excluding carboxylic acids is 1. The number of nitrogens with one attached hydrogen (secondary N) is 2. The van der Waals surface area contributed by atoms with Gasteiger partial charge in [0.2, 0.25) is 15.9 Å². The first-order valence-electron chi connectivity index (χ1n) is 9.05. The van der Waals surface area contributed by atoms with Crippen molar-refractivity contribution >= 4 is 15.9 Å². The van der Waals surface area contributed by atoms with Crippen LogP contribution in [0.15, 0.2) is 53.4 Å². The molecular weight excluding hydrogens is 383 g/mol. The lowest BCUT2D eigenvalue weighted by Gasteiger charge is -2.19. The van der Waals surface area contributed by atoms with Crippen LogP contribution in [-0.4, -0.2) is 34.0 Å². The van der Waals surface area contributed by atoms with Crippen molar-refractivity contribution in [2.45, 2.75) is 37.1 Å². The molecule has 0 fully saturated rings. The number of halogens is 1. The van der Waals surface area contributed by atoms with Gasteiger partial charge in [0.25, 0.3) is 0 Å². The molecule has 0 heterocycles. The van der Waals surface area contributed by atoms with Crippen molar-refractivity contribution in [3.63, 3.8) is 0 Å². The minimum absolute atomic E-state index is 0.00116. The molecule has 0 aliphatic carbocycles. The van der Waals surface area contributed by atoms with Gasteiger partial charge in [-0.2, -0.15) is 4.72 Å². The predicted octanol–water partition coefficient (Wildman–Crippen LogP) is 2.64. The molecule has 0 spiro atoms. The number of ether oxygens (including phenoxy) is 1. The number of hydrogen-bond donors (Lipinski definition) is 2. The van der Waals surface area contributed by atoms with E-state index in [-0.39, 0.29) is 17.1 Å². The van der Waals surface area contributed by atoms with Crippen molar-refractivity contribution in [2.24, 2.45) is 0 Å². The van der Waals surface area contributed by atoms with E-state index in [1.54, 1.807) is 0 Å². The normalized spacial score (nSPS) is 12.4. The summed E-state index contributed by atoms with van der Waals surface area (Å²) in [5, 5.41) is 2.75. The highest BCUT2D eigenvalue weighted by molar-refractivity contribution is 7.89. The molecule has 0 saturated carbocycles. The minimum Gasteiger partial charge on any atom is -0.495 e. The van der Waals surface area contributed by atoms with Gasteiger partial charge in [-0.1, -0.05) is 43.7 Å². The van der Waals surface area contributed by atoms with E-state index in [2.05, 4.69) is 10.0 Å². The highest BCUT2D eigenvalue weighted by Gasteiger charge is 2.28. The van der Waals surface area contributed by atoms with Crippen LogP contribution in [0.3, 0.4) is 0 Å². The van der Waals surface area contributed by atoms with E-state index >= 15 is 0 Å². The van der Waals surface area contributed by atoms with Crippen LogP contribution in [0.4, 0.5) is 4.39 Å². The standard InChI is InChI=1S/C20H25FN2O4S/c1-3-4-12-22-20(24)17(13-15-8-6-5-7-9-15)23-28(25,26)19-14-16(21)10-11-18(19)27-2/h5-11,14,17,23H,3-4,12-13H2,1-2H3,(H,22,24). The number of methoxy groups -OCH3 is 1. The number of amides is 1. The van der Waals surface area contributed by atoms with E-state index in [0.717, 1.165) is 30.5 Å². The summed E-state index contributed by atoms with van der Waals surface area (Å²) in [4.78, 5) is 12.3. The smallest absolute Gasteiger partial charge is 0.245 e. The van der Waals surface area contributed by atoms with E-state index in [9.17, 15) is 17.6 Å². The maximum absolute atomic E-state index is 13.6. The fourth-order valence-corrected chi connectivity index (χ4v) is 4.04. The van der Waals surface area contributed by atoms with Crippen molar-refractivity contribution in [2.75, 3.05) is 13.7 Å². The Balaban J connectivity index is 2.29. The van der Waals surface area contributed by atoms with Crippen LogP contribution in [0.2, 0.25) is 0 Å². The summed E-state index contributed by atoms with van der Waals surface area (Å²) in [6, 6.07) is 11.2. The largest absolute Gasteiger partial charge is 0.495 e. The molecule has 1 atom stereocenters. The first-order chi connectivity index (χ1) is 13.4. The van der Waals surface area contributed by atoms with E-state index in [4.69, 9.17) is 4.74 Å². The summed E-state index contributed by atoms with van der Waals surface area (Å²) in [7, 11) is -2.90. The Morgan fingerprint density at radius 2 is 1.89 bits per heavy atom. The molecule has 0 radical (unpaired) electrons. The molecule has 0 saturated heterocycles. The van der Waals surface area contributed by atoms with Crippen molar-refractivity contribution in [1.82, 2.24) is 10.0 Å². The zero-order valence-corrected chi connectivity index (χ0v) is 16.8. The highest BCUT2D eigenvalue weighted by atomic mass is 32.2. The van der Waals surface area contributed by atoms with Gasteiger partial charge in [0.05, 0.1) is 7.11 Å². The lowest BCUT2D eigenvalue weighted by atomic mass is 10.1. The fraction of sp³-hybridized carbons (Fsp3) is 0.350.